The monoisotopic (exact) mass is 480 g/mol. The molecule has 3 N–H and O–H groups in total. The number of aromatic nitrogens is 4. The Morgan fingerprint density at radius 1 is 1.00 bits per heavy atom. The summed E-state index contributed by atoms with van der Waals surface area (Å²) in [6, 6.07) is 19.4. The Hall–Kier alpha value is -3.54. The van der Waals surface area contributed by atoms with Gasteiger partial charge in [-0.15, -0.1) is 10.2 Å². The number of nitrogens with zero attached hydrogens (tertiary/aromatic N) is 4. The Morgan fingerprint density at radius 2 is 1.76 bits per heavy atom. The van der Waals surface area contributed by atoms with Gasteiger partial charge in [-0.2, -0.15) is 0 Å². The fraction of sp³-hybridized carbons (Fsp3) is 0.0909. The van der Waals surface area contributed by atoms with E-state index >= 15 is 0 Å². The lowest BCUT2D eigenvalue weighted by Crippen LogP contribution is -2.16. The van der Waals surface area contributed by atoms with Crippen molar-refractivity contribution in [1.82, 2.24) is 19.7 Å². The van der Waals surface area contributed by atoms with E-state index in [0.717, 1.165) is 11.1 Å². The summed E-state index contributed by atoms with van der Waals surface area (Å²) in [6.45, 7) is 0.534. The Labute approximate surface area is 195 Å². The summed E-state index contributed by atoms with van der Waals surface area (Å²) in [5.41, 5.74) is 2.28. The fourth-order valence-electron chi connectivity index (χ4n) is 3.10. The zero-order chi connectivity index (χ0) is 23.3. The van der Waals surface area contributed by atoms with Crippen LogP contribution in [-0.2, 0) is 21.4 Å². The van der Waals surface area contributed by atoms with Crippen LogP contribution in [0.25, 0.3) is 11.4 Å². The molecule has 1 amide bonds. The standard InChI is InChI=1S/C22H20N6O3S2/c23-33(30,31)19-8-4-7-18(13-19)25-20(29)15-32-22-27-26-21(17-9-11-24-12-10-17)28(22)14-16-5-2-1-3-6-16/h1-13H,14-15H2,(H,25,29)(H2,23,30,31). The van der Waals surface area contributed by atoms with Gasteiger partial charge in [0.1, 0.15) is 0 Å². The Morgan fingerprint density at radius 3 is 2.48 bits per heavy atom. The number of benzene rings is 2. The van der Waals surface area contributed by atoms with Gasteiger partial charge in [0.05, 0.1) is 17.2 Å². The predicted octanol–water partition coefficient (Wildman–Crippen LogP) is 2.77. The van der Waals surface area contributed by atoms with Gasteiger partial charge >= 0.3 is 0 Å². The smallest absolute Gasteiger partial charge is 0.238 e. The summed E-state index contributed by atoms with van der Waals surface area (Å²) in [5.74, 6) is 0.416. The number of hydrogen-bond donors (Lipinski definition) is 2. The number of nitrogens with two attached hydrogens (primary N) is 1. The second-order valence-corrected chi connectivity index (χ2v) is 9.53. The third-order valence-electron chi connectivity index (χ3n) is 4.62. The van der Waals surface area contributed by atoms with E-state index in [1.54, 1.807) is 18.5 Å². The summed E-state index contributed by atoms with van der Waals surface area (Å²) in [4.78, 5) is 16.5. The van der Waals surface area contributed by atoms with E-state index in [2.05, 4.69) is 20.5 Å². The number of carbonyl (C=O) groups excluding carboxylic acids is 1. The first-order chi connectivity index (χ1) is 15.9. The number of pyridine rings is 1. The normalized spacial score (nSPS) is 11.3. The number of carbonyl (C=O) groups is 1. The first kappa shape index (κ1) is 22.6. The predicted molar refractivity (Wildman–Crippen MR) is 126 cm³/mol. The van der Waals surface area contributed by atoms with Gasteiger partial charge in [0.25, 0.3) is 0 Å². The minimum atomic E-state index is -3.86. The minimum Gasteiger partial charge on any atom is -0.325 e. The highest BCUT2D eigenvalue weighted by Crippen LogP contribution is 2.25. The van der Waals surface area contributed by atoms with Gasteiger partial charge in [-0.1, -0.05) is 48.2 Å². The number of amides is 1. The Bertz CT molecular complexity index is 1360. The summed E-state index contributed by atoms with van der Waals surface area (Å²) >= 11 is 1.24. The molecule has 0 aliphatic carbocycles. The molecular formula is C22H20N6O3S2. The molecule has 0 spiro atoms. The molecule has 0 atom stereocenters. The summed E-state index contributed by atoms with van der Waals surface area (Å²) in [5, 5.41) is 17.1. The van der Waals surface area contributed by atoms with Gasteiger partial charge in [0, 0.05) is 23.6 Å². The maximum absolute atomic E-state index is 12.5. The number of sulfonamides is 1. The zero-order valence-electron chi connectivity index (χ0n) is 17.3. The van der Waals surface area contributed by atoms with Crippen LogP contribution in [-0.4, -0.2) is 39.8 Å². The molecule has 9 nitrogen and oxygen atoms in total. The third-order valence-corrected chi connectivity index (χ3v) is 6.50. The Balaban J connectivity index is 1.52. The van der Waals surface area contributed by atoms with Crippen molar-refractivity contribution in [3.63, 3.8) is 0 Å². The second-order valence-electron chi connectivity index (χ2n) is 7.02. The van der Waals surface area contributed by atoms with E-state index in [-0.39, 0.29) is 16.6 Å². The molecule has 0 saturated carbocycles. The van der Waals surface area contributed by atoms with Crippen molar-refractivity contribution in [3.05, 3.63) is 84.7 Å². The van der Waals surface area contributed by atoms with Crippen LogP contribution >= 0.6 is 11.8 Å². The molecule has 0 aliphatic heterocycles. The molecule has 11 heteroatoms. The second kappa shape index (κ2) is 9.94. The van der Waals surface area contributed by atoms with Crippen molar-refractivity contribution in [1.29, 1.82) is 0 Å². The molecule has 0 radical (unpaired) electrons. The van der Waals surface area contributed by atoms with Gasteiger partial charge in [-0.05, 0) is 35.9 Å². The van der Waals surface area contributed by atoms with Crippen LogP contribution < -0.4 is 10.5 Å². The molecule has 0 unspecified atom stereocenters. The fourth-order valence-corrected chi connectivity index (χ4v) is 4.39. The first-order valence-electron chi connectivity index (χ1n) is 9.83. The molecule has 168 valence electrons. The van der Waals surface area contributed by atoms with Crippen molar-refractivity contribution < 1.29 is 13.2 Å². The maximum Gasteiger partial charge on any atom is 0.238 e. The van der Waals surface area contributed by atoms with Crippen molar-refractivity contribution >= 4 is 33.4 Å². The van der Waals surface area contributed by atoms with Crippen LogP contribution in [0.5, 0.6) is 0 Å². The zero-order valence-corrected chi connectivity index (χ0v) is 19.0. The lowest BCUT2D eigenvalue weighted by atomic mass is 10.2. The van der Waals surface area contributed by atoms with Gasteiger partial charge in [0.15, 0.2) is 11.0 Å². The first-order valence-corrected chi connectivity index (χ1v) is 12.4. The van der Waals surface area contributed by atoms with E-state index in [0.29, 0.717) is 23.2 Å². The average Bonchev–Trinajstić information content (AvgIpc) is 3.21. The maximum atomic E-state index is 12.5. The van der Waals surface area contributed by atoms with Crippen molar-refractivity contribution in [2.75, 3.05) is 11.1 Å². The van der Waals surface area contributed by atoms with Crippen molar-refractivity contribution in [3.8, 4) is 11.4 Å². The van der Waals surface area contributed by atoms with E-state index in [4.69, 9.17) is 5.14 Å². The molecule has 33 heavy (non-hydrogen) atoms. The van der Waals surface area contributed by atoms with Crippen molar-refractivity contribution in [2.24, 2.45) is 5.14 Å². The highest BCUT2D eigenvalue weighted by molar-refractivity contribution is 7.99. The molecule has 2 heterocycles. The van der Waals surface area contributed by atoms with Crippen LogP contribution in [0.4, 0.5) is 5.69 Å². The Kier molecular flexibility index (Phi) is 6.82. The summed E-state index contributed by atoms with van der Waals surface area (Å²) in [7, 11) is -3.86. The highest BCUT2D eigenvalue weighted by Gasteiger charge is 2.17. The van der Waals surface area contributed by atoms with Crippen LogP contribution in [0.15, 0.2) is 89.2 Å². The molecule has 0 fully saturated rings. The largest absolute Gasteiger partial charge is 0.325 e. The number of primary sulfonamides is 1. The van der Waals surface area contributed by atoms with E-state index < -0.39 is 10.0 Å². The molecule has 0 bridgehead atoms. The highest BCUT2D eigenvalue weighted by atomic mass is 32.2. The molecule has 4 rings (SSSR count). The molecule has 4 aromatic rings. The van der Waals surface area contributed by atoms with E-state index in [1.807, 2.05) is 47.0 Å². The van der Waals surface area contributed by atoms with E-state index in [9.17, 15) is 13.2 Å². The molecule has 0 saturated heterocycles. The number of nitrogens with one attached hydrogen (secondary N) is 1. The molecule has 0 aliphatic rings. The van der Waals surface area contributed by atoms with Crippen molar-refractivity contribution in [2.45, 2.75) is 16.6 Å². The van der Waals surface area contributed by atoms with Crippen LogP contribution in [0.1, 0.15) is 5.56 Å². The number of rotatable bonds is 8. The summed E-state index contributed by atoms with van der Waals surface area (Å²) in [6.07, 6.45) is 3.37. The lowest BCUT2D eigenvalue weighted by molar-refractivity contribution is -0.113. The van der Waals surface area contributed by atoms with Crippen LogP contribution in [0.3, 0.4) is 0 Å². The lowest BCUT2D eigenvalue weighted by Gasteiger charge is -2.11. The van der Waals surface area contributed by atoms with Crippen LogP contribution in [0.2, 0.25) is 0 Å². The summed E-state index contributed by atoms with van der Waals surface area (Å²) < 4.78 is 25.0. The van der Waals surface area contributed by atoms with Crippen LogP contribution in [0, 0.1) is 0 Å². The number of hydrogen-bond acceptors (Lipinski definition) is 7. The average molecular weight is 481 g/mol. The quantitative estimate of drug-likeness (QED) is 0.371. The van der Waals surface area contributed by atoms with E-state index in [1.165, 1.54) is 30.0 Å². The number of anilines is 1. The number of thioether (sulfide) groups is 1. The van der Waals surface area contributed by atoms with Gasteiger partial charge < -0.3 is 5.32 Å². The van der Waals surface area contributed by atoms with Gasteiger partial charge in [0.2, 0.25) is 15.9 Å². The molecular weight excluding hydrogens is 460 g/mol. The van der Waals surface area contributed by atoms with Gasteiger partial charge in [-0.25, -0.2) is 13.6 Å². The topological polar surface area (TPSA) is 133 Å². The SMILES string of the molecule is NS(=O)(=O)c1cccc(NC(=O)CSc2nnc(-c3ccncc3)n2Cc2ccccc2)c1. The molecule has 2 aromatic carbocycles. The minimum absolute atomic E-state index is 0.0584. The molecule has 2 aromatic heterocycles. The van der Waals surface area contributed by atoms with Gasteiger partial charge in [-0.3, -0.25) is 14.3 Å². The third kappa shape index (κ3) is 5.83.